The number of thiazole rings is 1. The molecule has 0 unspecified atom stereocenters. The summed E-state index contributed by atoms with van der Waals surface area (Å²) in [5.74, 6) is 0.235. The maximum Gasteiger partial charge on any atom is 0.244 e. The van der Waals surface area contributed by atoms with Crippen LogP contribution in [0.5, 0.6) is 5.75 Å². The van der Waals surface area contributed by atoms with Crippen molar-refractivity contribution >= 4 is 21.4 Å². The van der Waals surface area contributed by atoms with Crippen molar-refractivity contribution in [1.82, 2.24) is 9.71 Å². The summed E-state index contributed by atoms with van der Waals surface area (Å²) in [6, 6.07) is 4.53. The van der Waals surface area contributed by atoms with E-state index in [9.17, 15) is 8.42 Å². The molecule has 6 nitrogen and oxygen atoms in total. The summed E-state index contributed by atoms with van der Waals surface area (Å²) in [5.41, 5.74) is 2.14. The van der Waals surface area contributed by atoms with Gasteiger partial charge in [-0.05, 0) is 17.7 Å². The summed E-state index contributed by atoms with van der Waals surface area (Å²) in [7, 11) is -2.32. The molecule has 0 fully saturated rings. The van der Waals surface area contributed by atoms with Crippen molar-refractivity contribution in [3.63, 3.8) is 0 Å². The fraction of sp³-hybridized carbons (Fsp3) is 0.250. The monoisotopic (exact) mass is 314 g/mol. The maximum absolute atomic E-state index is 12.3. The first-order valence-electron chi connectivity index (χ1n) is 5.71. The van der Waals surface area contributed by atoms with E-state index in [4.69, 9.17) is 9.84 Å². The summed E-state index contributed by atoms with van der Waals surface area (Å²) in [6.07, 6.45) is 1.61. The summed E-state index contributed by atoms with van der Waals surface area (Å²) in [5, 5.41) is 9.11. The number of rotatable bonds is 6. The first-order valence-corrected chi connectivity index (χ1v) is 8.08. The van der Waals surface area contributed by atoms with E-state index >= 15 is 0 Å². The molecule has 0 aliphatic heterocycles. The number of hydrogen-bond acceptors (Lipinski definition) is 6. The van der Waals surface area contributed by atoms with Crippen LogP contribution in [0.15, 0.2) is 34.8 Å². The van der Waals surface area contributed by atoms with Crippen molar-refractivity contribution in [2.45, 2.75) is 18.0 Å². The highest BCUT2D eigenvalue weighted by molar-refractivity contribution is 7.89. The van der Waals surface area contributed by atoms with Gasteiger partial charge in [0.2, 0.25) is 10.0 Å². The highest BCUT2D eigenvalue weighted by Crippen LogP contribution is 2.25. The molecule has 2 aromatic rings. The molecule has 1 aromatic carbocycles. The Balaban J connectivity index is 2.28. The van der Waals surface area contributed by atoms with E-state index in [0.29, 0.717) is 5.56 Å². The third-order valence-corrected chi connectivity index (χ3v) is 4.82. The summed E-state index contributed by atoms with van der Waals surface area (Å²) < 4.78 is 32.1. The number of aliphatic hydroxyl groups is 1. The minimum absolute atomic E-state index is 0.0102. The van der Waals surface area contributed by atoms with E-state index in [1.54, 1.807) is 17.8 Å². The lowest BCUT2D eigenvalue weighted by molar-refractivity contribution is 0.281. The van der Waals surface area contributed by atoms with E-state index in [2.05, 4.69) is 9.71 Å². The second-order valence-corrected chi connectivity index (χ2v) is 6.64. The number of ether oxygens (including phenoxy) is 1. The van der Waals surface area contributed by atoms with Crippen LogP contribution in [0.1, 0.15) is 10.4 Å². The van der Waals surface area contributed by atoms with Gasteiger partial charge in [0, 0.05) is 17.6 Å². The number of methoxy groups -OCH3 is 1. The molecule has 1 heterocycles. The van der Waals surface area contributed by atoms with Crippen molar-refractivity contribution in [3.05, 3.63) is 40.3 Å². The van der Waals surface area contributed by atoms with Gasteiger partial charge < -0.3 is 9.84 Å². The van der Waals surface area contributed by atoms with Crippen LogP contribution in [0.3, 0.4) is 0 Å². The SMILES string of the molecule is COc1ccc(CO)cc1S(=O)(=O)NCc1cncs1. The number of aliphatic hydroxyl groups excluding tert-OH is 1. The van der Waals surface area contributed by atoms with E-state index in [-0.39, 0.29) is 23.8 Å². The molecule has 20 heavy (non-hydrogen) atoms. The van der Waals surface area contributed by atoms with Gasteiger partial charge in [0.25, 0.3) is 0 Å². The van der Waals surface area contributed by atoms with Crippen molar-refractivity contribution in [2.24, 2.45) is 0 Å². The van der Waals surface area contributed by atoms with E-state index in [1.165, 1.54) is 30.6 Å². The quantitative estimate of drug-likeness (QED) is 0.834. The average Bonchev–Trinajstić information content (AvgIpc) is 2.98. The first-order chi connectivity index (χ1) is 9.56. The molecule has 0 saturated carbocycles. The molecule has 2 rings (SSSR count). The van der Waals surface area contributed by atoms with Crippen molar-refractivity contribution in [2.75, 3.05) is 7.11 Å². The molecule has 0 aliphatic carbocycles. The number of sulfonamides is 1. The van der Waals surface area contributed by atoms with Gasteiger partial charge in [0.15, 0.2) is 0 Å². The largest absolute Gasteiger partial charge is 0.495 e. The minimum atomic E-state index is -3.72. The molecule has 0 amide bonds. The third kappa shape index (κ3) is 3.34. The molecular weight excluding hydrogens is 300 g/mol. The summed E-state index contributed by atoms with van der Waals surface area (Å²) in [4.78, 5) is 4.70. The van der Waals surface area contributed by atoms with Crippen LogP contribution < -0.4 is 9.46 Å². The molecule has 0 radical (unpaired) electrons. The van der Waals surface area contributed by atoms with Crippen LogP contribution in [0, 0.1) is 0 Å². The van der Waals surface area contributed by atoms with Crippen molar-refractivity contribution in [1.29, 1.82) is 0 Å². The normalized spacial score (nSPS) is 11.5. The summed E-state index contributed by atoms with van der Waals surface area (Å²) >= 11 is 1.37. The number of benzene rings is 1. The number of hydrogen-bond donors (Lipinski definition) is 2. The fourth-order valence-corrected chi connectivity index (χ4v) is 3.45. The maximum atomic E-state index is 12.3. The molecule has 108 valence electrons. The molecule has 0 aliphatic rings. The lowest BCUT2D eigenvalue weighted by atomic mass is 10.2. The zero-order valence-corrected chi connectivity index (χ0v) is 12.4. The zero-order valence-electron chi connectivity index (χ0n) is 10.7. The van der Waals surface area contributed by atoms with Gasteiger partial charge in [0.1, 0.15) is 10.6 Å². The first kappa shape index (κ1) is 14.9. The van der Waals surface area contributed by atoms with Gasteiger partial charge in [-0.2, -0.15) is 0 Å². The van der Waals surface area contributed by atoms with E-state index in [0.717, 1.165) is 4.88 Å². The molecule has 1 aromatic heterocycles. The number of nitrogens with one attached hydrogen (secondary N) is 1. The molecule has 0 saturated heterocycles. The zero-order chi connectivity index (χ0) is 14.6. The predicted molar refractivity (Wildman–Crippen MR) is 75.1 cm³/mol. The van der Waals surface area contributed by atoms with Crippen molar-refractivity contribution in [3.8, 4) is 5.75 Å². The second-order valence-electron chi connectivity index (χ2n) is 3.94. The third-order valence-electron chi connectivity index (χ3n) is 2.62. The van der Waals surface area contributed by atoms with Crippen LogP contribution in [0.2, 0.25) is 0 Å². The Morgan fingerprint density at radius 2 is 2.25 bits per heavy atom. The Kier molecular flexibility index (Phi) is 4.71. The Morgan fingerprint density at radius 1 is 1.45 bits per heavy atom. The lowest BCUT2D eigenvalue weighted by Gasteiger charge is -2.11. The lowest BCUT2D eigenvalue weighted by Crippen LogP contribution is -2.23. The number of nitrogens with zero attached hydrogens (tertiary/aromatic N) is 1. The Labute approximate surface area is 121 Å². The van der Waals surface area contributed by atoms with Crippen LogP contribution in [-0.2, 0) is 23.2 Å². The molecular formula is C12H14N2O4S2. The topological polar surface area (TPSA) is 88.5 Å². The predicted octanol–water partition coefficient (Wildman–Crippen LogP) is 1.12. The van der Waals surface area contributed by atoms with E-state index < -0.39 is 10.0 Å². The second kappa shape index (κ2) is 6.31. The highest BCUT2D eigenvalue weighted by Gasteiger charge is 2.20. The molecule has 2 N–H and O–H groups in total. The van der Waals surface area contributed by atoms with Gasteiger partial charge in [-0.25, -0.2) is 13.1 Å². The van der Waals surface area contributed by atoms with Crippen LogP contribution in [0.4, 0.5) is 0 Å². The Morgan fingerprint density at radius 3 is 2.85 bits per heavy atom. The Hall–Kier alpha value is -1.48. The summed E-state index contributed by atoms with van der Waals surface area (Å²) in [6.45, 7) is -0.0686. The Bertz CT molecular complexity index is 669. The average molecular weight is 314 g/mol. The van der Waals surface area contributed by atoms with Gasteiger partial charge in [-0.3, -0.25) is 4.98 Å². The molecule has 8 heteroatoms. The minimum Gasteiger partial charge on any atom is -0.495 e. The van der Waals surface area contributed by atoms with Gasteiger partial charge >= 0.3 is 0 Å². The highest BCUT2D eigenvalue weighted by atomic mass is 32.2. The molecule has 0 atom stereocenters. The van der Waals surface area contributed by atoms with Crippen LogP contribution in [-0.4, -0.2) is 25.6 Å². The van der Waals surface area contributed by atoms with Gasteiger partial charge in [-0.1, -0.05) is 6.07 Å². The fourth-order valence-electron chi connectivity index (χ4n) is 1.60. The van der Waals surface area contributed by atoms with E-state index in [1.807, 2.05) is 0 Å². The van der Waals surface area contributed by atoms with Crippen LogP contribution in [0.25, 0.3) is 0 Å². The molecule has 0 bridgehead atoms. The van der Waals surface area contributed by atoms with Crippen molar-refractivity contribution < 1.29 is 18.3 Å². The standard InChI is InChI=1S/C12H14N2O4S2/c1-18-11-3-2-9(7-15)4-12(11)20(16,17)14-6-10-5-13-8-19-10/h2-5,8,14-15H,6-7H2,1H3. The molecule has 0 spiro atoms. The number of aromatic nitrogens is 1. The van der Waals surface area contributed by atoms with Gasteiger partial charge in [-0.15, -0.1) is 11.3 Å². The van der Waals surface area contributed by atoms with Crippen LogP contribution >= 0.6 is 11.3 Å². The smallest absolute Gasteiger partial charge is 0.244 e. The van der Waals surface area contributed by atoms with Gasteiger partial charge in [0.05, 0.1) is 19.2 Å².